The molecule has 0 spiro atoms. The Bertz CT molecular complexity index is 353. The molecule has 0 radical (unpaired) electrons. The topological polar surface area (TPSA) is 87.1 Å². The summed E-state index contributed by atoms with van der Waals surface area (Å²) in [5.74, 6) is -0.958. The first kappa shape index (κ1) is 9.71. The van der Waals surface area contributed by atoms with E-state index in [4.69, 9.17) is 16.1 Å². The van der Waals surface area contributed by atoms with Crippen molar-refractivity contribution in [2.24, 2.45) is 5.73 Å². The van der Waals surface area contributed by atoms with Gasteiger partial charge in [-0.3, -0.25) is 0 Å². The second kappa shape index (κ2) is 4.03. The van der Waals surface area contributed by atoms with Crippen LogP contribution in [-0.4, -0.2) is 11.1 Å². The Hall–Kier alpha value is -1.38. The molecule has 0 fully saturated rings. The Morgan fingerprint density at radius 2 is 2.54 bits per heavy atom. The van der Waals surface area contributed by atoms with E-state index in [0.29, 0.717) is 5.56 Å². The number of hydrogen-bond donors (Lipinski definition) is 2. The highest BCUT2D eigenvalue weighted by molar-refractivity contribution is 7.12. The first-order valence-electron chi connectivity index (χ1n) is 3.59. The predicted octanol–water partition coefficient (Wildman–Crippen LogP) is 1.36. The van der Waals surface area contributed by atoms with Crippen LogP contribution in [0.5, 0.6) is 0 Å². The van der Waals surface area contributed by atoms with Gasteiger partial charge < -0.3 is 10.8 Å². The second-order valence-electron chi connectivity index (χ2n) is 2.52. The smallest absolute Gasteiger partial charge is 0.345 e. The molecule has 0 saturated heterocycles. The predicted molar refractivity (Wildman–Crippen MR) is 48.4 cm³/mol. The van der Waals surface area contributed by atoms with Gasteiger partial charge in [0, 0.05) is 6.04 Å². The van der Waals surface area contributed by atoms with Crippen molar-refractivity contribution in [1.29, 1.82) is 5.26 Å². The molecule has 4 nitrogen and oxygen atoms in total. The van der Waals surface area contributed by atoms with Gasteiger partial charge in [-0.2, -0.15) is 5.26 Å². The van der Waals surface area contributed by atoms with Crippen LogP contribution >= 0.6 is 11.3 Å². The SMILES string of the molecule is N#CC[C@H](N)c1csc(C(=O)O)c1. The summed E-state index contributed by atoms with van der Waals surface area (Å²) in [5, 5.41) is 18.7. The number of nitrogens with zero attached hydrogens (tertiary/aromatic N) is 1. The van der Waals surface area contributed by atoms with E-state index in [2.05, 4.69) is 0 Å². The van der Waals surface area contributed by atoms with E-state index in [1.807, 2.05) is 6.07 Å². The van der Waals surface area contributed by atoms with Gasteiger partial charge in [-0.1, -0.05) is 0 Å². The molecule has 0 aliphatic carbocycles. The highest BCUT2D eigenvalue weighted by Gasteiger charge is 2.11. The molecule has 13 heavy (non-hydrogen) atoms. The lowest BCUT2D eigenvalue weighted by Gasteiger charge is -2.01. The van der Waals surface area contributed by atoms with Crippen molar-refractivity contribution in [2.45, 2.75) is 12.5 Å². The monoisotopic (exact) mass is 196 g/mol. The van der Waals surface area contributed by atoms with Crippen molar-refractivity contribution in [3.05, 3.63) is 21.9 Å². The van der Waals surface area contributed by atoms with E-state index in [1.54, 1.807) is 5.38 Å². The number of carboxylic acid groups (broad SMARTS) is 1. The van der Waals surface area contributed by atoms with Crippen molar-refractivity contribution in [3.63, 3.8) is 0 Å². The molecule has 1 heterocycles. The Kier molecular flexibility index (Phi) is 3.01. The van der Waals surface area contributed by atoms with Crippen LogP contribution in [0.15, 0.2) is 11.4 Å². The molecule has 3 N–H and O–H groups in total. The summed E-state index contributed by atoms with van der Waals surface area (Å²) >= 11 is 1.12. The van der Waals surface area contributed by atoms with Gasteiger partial charge in [0.1, 0.15) is 4.88 Å². The maximum absolute atomic E-state index is 10.5. The lowest BCUT2D eigenvalue weighted by atomic mass is 10.1. The molecular weight excluding hydrogens is 188 g/mol. The molecule has 0 unspecified atom stereocenters. The maximum atomic E-state index is 10.5. The molecule has 1 aromatic heterocycles. The summed E-state index contributed by atoms with van der Waals surface area (Å²) in [7, 11) is 0. The van der Waals surface area contributed by atoms with E-state index < -0.39 is 5.97 Å². The summed E-state index contributed by atoms with van der Waals surface area (Å²) < 4.78 is 0. The molecule has 5 heteroatoms. The molecule has 1 atom stereocenters. The fourth-order valence-corrected chi connectivity index (χ4v) is 1.68. The molecule has 0 aliphatic rings. The lowest BCUT2D eigenvalue weighted by Crippen LogP contribution is -2.07. The van der Waals surface area contributed by atoms with Gasteiger partial charge in [0.2, 0.25) is 0 Å². The molecule has 0 amide bonds. The largest absolute Gasteiger partial charge is 0.477 e. The zero-order chi connectivity index (χ0) is 9.84. The number of rotatable bonds is 3. The van der Waals surface area contributed by atoms with Crippen molar-refractivity contribution in [3.8, 4) is 6.07 Å². The van der Waals surface area contributed by atoms with Crippen molar-refractivity contribution < 1.29 is 9.90 Å². The van der Waals surface area contributed by atoms with Crippen LogP contribution in [0.3, 0.4) is 0 Å². The molecule has 1 aromatic rings. The average Bonchev–Trinajstić information content (AvgIpc) is 2.52. The fourth-order valence-electron chi connectivity index (χ4n) is 0.874. The first-order chi connectivity index (χ1) is 6.15. The number of thiophene rings is 1. The van der Waals surface area contributed by atoms with E-state index >= 15 is 0 Å². The minimum absolute atomic E-state index is 0.204. The number of aromatic carboxylic acids is 1. The van der Waals surface area contributed by atoms with Crippen molar-refractivity contribution in [2.75, 3.05) is 0 Å². The van der Waals surface area contributed by atoms with Gasteiger partial charge in [0.05, 0.1) is 12.5 Å². The molecule has 1 rings (SSSR count). The van der Waals surface area contributed by atoms with Gasteiger partial charge in [0.25, 0.3) is 0 Å². The summed E-state index contributed by atoms with van der Waals surface area (Å²) in [6, 6.07) is 3.07. The Labute approximate surface area is 79.2 Å². The minimum atomic E-state index is -0.958. The van der Waals surface area contributed by atoms with Gasteiger partial charge in [0.15, 0.2) is 0 Å². The van der Waals surface area contributed by atoms with Gasteiger partial charge >= 0.3 is 5.97 Å². The van der Waals surface area contributed by atoms with Crippen molar-refractivity contribution >= 4 is 17.3 Å². The molecule has 0 aromatic carbocycles. The van der Waals surface area contributed by atoms with Crippen LogP contribution in [0.25, 0.3) is 0 Å². The van der Waals surface area contributed by atoms with Crippen molar-refractivity contribution in [1.82, 2.24) is 0 Å². The fraction of sp³-hybridized carbons (Fsp3) is 0.250. The van der Waals surface area contributed by atoms with Gasteiger partial charge in [-0.25, -0.2) is 4.79 Å². The Morgan fingerprint density at radius 3 is 3.00 bits per heavy atom. The molecule has 0 saturated carbocycles. The first-order valence-corrected chi connectivity index (χ1v) is 4.47. The van der Waals surface area contributed by atoms with Crippen LogP contribution in [0.1, 0.15) is 27.7 Å². The summed E-state index contributed by atoms with van der Waals surface area (Å²) in [5.41, 5.74) is 6.32. The molecule has 0 aliphatic heterocycles. The lowest BCUT2D eigenvalue weighted by molar-refractivity contribution is 0.0702. The molecule has 68 valence electrons. The summed E-state index contributed by atoms with van der Waals surface area (Å²) in [6.45, 7) is 0. The van der Waals surface area contributed by atoms with E-state index in [1.165, 1.54) is 6.07 Å². The van der Waals surface area contributed by atoms with Crippen LogP contribution in [-0.2, 0) is 0 Å². The van der Waals surface area contributed by atoms with E-state index in [0.717, 1.165) is 11.3 Å². The number of hydrogen-bond acceptors (Lipinski definition) is 4. The second-order valence-corrected chi connectivity index (χ2v) is 3.43. The highest BCUT2D eigenvalue weighted by Crippen LogP contribution is 2.21. The third kappa shape index (κ3) is 2.28. The Balaban J connectivity index is 2.80. The Morgan fingerprint density at radius 1 is 1.85 bits per heavy atom. The zero-order valence-electron chi connectivity index (χ0n) is 6.73. The summed E-state index contributed by atoms with van der Waals surface area (Å²) in [4.78, 5) is 10.8. The highest BCUT2D eigenvalue weighted by atomic mass is 32.1. The minimum Gasteiger partial charge on any atom is -0.477 e. The number of carboxylic acids is 1. The number of carbonyl (C=O) groups is 1. The van der Waals surface area contributed by atoms with Crippen LogP contribution in [0.4, 0.5) is 0 Å². The standard InChI is InChI=1S/C8H8N2O2S/c9-2-1-6(10)5-3-7(8(11)12)13-4-5/h3-4,6H,1,10H2,(H,11,12)/t6-/m0/s1. The maximum Gasteiger partial charge on any atom is 0.345 e. The average molecular weight is 196 g/mol. The third-order valence-electron chi connectivity index (χ3n) is 1.57. The van der Waals surface area contributed by atoms with Crippen LogP contribution in [0, 0.1) is 11.3 Å². The third-order valence-corrected chi connectivity index (χ3v) is 2.51. The summed E-state index contributed by atoms with van der Waals surface area (Å²) in [6.07, 6.45) is 0.204. The zero-order valence-corrected chi connectivity index (χ0v) is 7.54. The quantitative estimate of drug-likeness (QED) is 0.764. The number of nitriles is 1. The molecule has 0 bridgehead atoms. The normalized spacial score (nSPS) is 12.0. The van der Waals surface area contributed by atoms with Gasteiger partial charge in [-0.05, 0) is 17.0 Å². The van der Waals surface area contributed by atoms with E-state index in [9.17, 15) is 4.79 Å². The number of nitrogens with two attached hydrogens (primary N) is 1. The molecular formula is C8H8N2O2S. The van der Waals surface area contributed by atoms with Gasteiger partial charge in [-0.15, -0.1) is 11.3 Å². The van der Waals surface area contributed by atoms with Crippen LogP contribution in [0.2, 0.25) is 0 Å². The van der Waals surface area contributed by atoms with Crippen LogP contribution < -0.4 is 5.73 Å². The van der Waals surface area contributed by atoms with E-state index in [-0.39, 0.29) is 17.3 Å².